The molecule has 0 spiro atoms. The Labute approximate surface area is 110 Å². The molecule has 0 radical (unpaired) electrons. The van der Waals surface area contributed by atoms with Gasteiger partial charge in [0.2, 0.25) is 11.2 Å². The molecule has 0 aliphatic carbocycles. The van der Waals surface area contributed by atoms with E-state index in [0.717, 1.165) is 18.2 Å². The van der Waals surface area contributed by atoms with Crippen molar-refractivity contribution in [2.45, 2.75) is 0 Å². The summed E-state index contributed by atoms with van der Waals surface area (Å²) in [7, 11) is 0. The normalized spacial score (nSPS) is 11.2. The van der Waals surface area contributed by atoms with Crippen molar-refractivity contribution in [3.63, 3.8) is 0 Å². The van der Waals surface area contributed by atoms with Crippen LogP contribution in [-0.4, -0.2) is 25.5 Å². The molecule has 3 aromatic rings. The van der Waals surface area contributed by atoms with Crippen LogP contribution in [0.3, 0.4) is 0 Å². The molecule has 3 rings (SSSR count). The number of rotatable bonds is 0. The SMILES string of the molecule is O=c1c2c(O)cc(O)cc2oc2c(O)c(O)cc(O)c12. The second kappa shape index (κ2) is 3.70. The topological polar surface area (TPSA) is 131 Å². The Bertz CT molecular complexity index is 924. The van der Waals surface area contributed by atoms with Crippen LogP contribution in [0.2, 0.25) is 0 Å². The molecule has 0 saturated carbocycles. The minimum absolute atomic E-state index is 0.194. The monoisotopic (exact) mass is 276 g/mol. The van der Waals surface area contributed by atoms with Crippen molar-refractivity contribution in [2.24, 2.45) is 0 Å². The first-order valence-electron chi connectivity index (χ1n) is 5.46. The van der Waals surface area contributed by atoms with E-state index in [9.17, 15) is 30.3 Å². The highest BCUT2D eigenvalue weighted by Crippen LogP contribution is 2.40. The van der Waals surface area contributed by atoms with Crippen molar-refractivity contribution in [1.82, 2.24) is 0 Å². The Balaban J connectivity index is 2.69. The molecule has 0 bridgehead atoms. The van der Waals surface area contributed by atoms with Crippen molar-refractivity contribution < 1.29 is 29.9 Å². The Kier molecular flexibility index (Phi) is 2.22. The molecule has 2 aromatic carbocycles. The lowest BCUT2D eigenvalue weighted by Gasteiger charge is -2.07. The quantitative estimate of drug-likeness (QED) is 0.238. The standard InChI is InChI=1S/C13H8O7/c14-4-1-5(15)9-8(2-4)20-13-10(12(9)19)6(16)3-7(17)11(13)18/h1-3,14-18H. The van der Waals surface area contributed by atoms with Gasteiger partial charge in [-0.25, -0.2) is 0 Å². The fourth-order valence-electron chi connectivity index (χ4n) is 2.07. The summed E-state index contributed by atoms with van der Waals surface area (Å²) in [6, 6.07) is 2.80. The summed E-state index contributed by atoms with van der Waals surface area (Å²) in [5, 5.41) is 47.2. The van der Waals surface area contributed by atoms with Crippen molar-refractivity contribution in [3.8, 4) is 28.7 Å². The fourth-order valence-corrected chi connectivity index (χ4v) is 2.07. The molecular formula is C13H8O7. The Morgan fingerprint density at radius 1 is 0.800 bits per heavy atom. The van der Waals surface area contributed by atoms with Gasteiger partial charge in [-0.2, -0.15) is 0 Å². The Hall–Kier alpha value is -3.09. The molecule has 0 fully saturated rings. The first-order chi connectivity index (χ1) is 9.40. The van der Waals surface area contributed by atoms with Gasteiger partial charge >= 0.3 is 0 Å². The predicted octanol–water partition coefficient (Wildman–Crippen LogP) is 1.47. The van der Waals surface area contributed by atoms with E-state index in [2.05, 4.69) is 0 Å². The zero-order valence-electron chi connectivity index (χ0n) is 9.78. The van der Waals surface area contributed by atoms with Crippen LogP contribution in [0, 0.1) is 0 Å². The van der Waals surface area contributed by atoms with Crippen LogP contribution in [0.4, 0.5) is 0 Å². The second-order valence-corrected chi connectivity index (χ2v) is 4.24. The minimum Gasteiger partial charge on any atom is -0.508 e. The molecule has 5 N–H and O–H groups in total. The van der Waals surface area contributed by atoms with E-state index in [1.807, 2.05) is 0 Å². The highest BCUT2D eigenvalue weighted by molar-refractivity contribution is 5.99. The van der Waals surface area contributed by atoms with Crippen LogP contribution >= 0.6 is 0 Å². The van der Waals surface area contributed by atoms with Crippen molar-refractivity contribution in [3.05, 3.63) is 28.4 Å². The summed E-state index contributed by atoms with van der Waals surface area (Å²) < 4.78 is 5.19. The predicted molar refractivity (Wildman–Crippen MR) is 68.3 cm³/mol. The summed E-state index contributed by atoms with van der Waals surface area (Å²) in [5.41, 5.74) is -1.43. The molecule has 0 unspecified atom stereocenters. The third-order valence-corrected chi connectivity index (χ3v) is 2.95. The third kappa shape index (κ3) is 1.43. The second-order valence-electron chi connectivity index (χ2n) is 4.24. The van der Waals surface area contributed by atoms with Gasteiger partial charge in [0.05, 0.1) is 0 Å². The number of benzene rings is 2. The molecule has 0 aliphatic rings. The van der Waals surface area contributed by atoms with E-state index in [1.165, 1.54) is 0 Å². The smallest absolute Gasteiger partial charge is 0.208 e. The number of phenolic OH excluding ortho intramolecular Hbond substituents is 5. The molecule has 7 nitrogen and oxygen atoms in total. The van der Waals surface area contributed by atoms with Gasteiger partial charge in [-0.1, -0.05) is 0 Å². The highest BCUT2D eigenvalue weighted by Gasteiger charge is 2.20. The maximum Gasteiger partial charge on any atom is 0.208 e. The fraction of sp³-hybridized carbons (Fsp3) is 0. The largest absolute Gasteiger partial charge is 0.508 e. The lowest BCUT2D eigenvalue weighted by molar-refractivity contribution is 0.395. The van der Waals surface area contributed by atoms with Gasteiger partial charge in [0.15, 0.2) is 11.3 Å². The first kappa shape index (κ1) is 12.0. The summed E-state index contributed by atoms with van der Waals surface area (Å²) >= 11 is 0. The van der Waals surface area contributed by atoms with E-state index in [4.69, 9.17) is 4.42 Å². The number of fused-ring (bicyclic) bond motifs is 2. The first-order valence-corrected chi connectivity index (χ1v) is 5.46. The summed E-state index contributed by atoms with van der Waals surface area (Å²) in [5.74, 6) is -2.86. The van der Waals surface area contributed by atoms with Gasteiger partial charge in [-0.15, -0.1) is 0 Å². The summed E-state index contributed by atoms with van der Waals surface area (Å²) in [4.78, 5) is 12.3. The van der Waals surface area contributed by atoms with Crippen molar-refractivity contribution in [1.29, 1.82) is 0 Å². The maximum atomic E-state index is 12.3. The van der Waals surface area contributed by atoms with Gasteiger partial charge in [-0.3, -0.25) is 4.79 Å². The van der Waals surface area contributed by atoms with E-state index in [1.54, 1.807) is 0 Å². The number of aromatic hydroxyl groups is 5. The van der Waals surface area contributed by atoms with Crippen LogP contribution in [0.25, 0.3) is 21.9 Å². The van der Waals surface area contributed by atoms with Crippen LogP contribution in [0.15, 0.2) is 27.4 Å². The van der Waals surface area contributed by atoms with Crippen LogP contribution in [0.1, 0.15) is 0 Å². The van der Waals surface area contributed by atoms with E-state index in [0.29, 0.717) is 0 Å². The van der Waals surface area contributed by atoms with E-state index >= 15 is 0 Å². The van der Waals surface area contributed by atoms with Crippen molar-refractivity contribution >= 4 is 21.9 Å². The van der Waals surface area contributed by atoms with Crippen LogP contribution in [-0.2, 0) is 0 Å². The number of hydrogen-bond acceptors (Lipinski definition) is 7. The molecule has 20 heavy (non-hydrogen) atoms. The zero-order valence-corrected chi connectivity index (χ0v) is 9.78. The van der Waals surface area contributed by atoms with Gasteiger partial charge in [0, 0.05) is 18.2 Å². The number of hydrogen-bond donors (Lipinski definition) is 5. The van der Waals surface area contributed by atoms with E-state index in [-0.39, 0.29) is 22.1 Å². The molecule has 0 saturated heterocycles. The van der Waals surface area contributed by atoms with Gasteiger partial charge in [-0.05, 0) is 0 Å². The number of phenols is 5. The molecule has 102 valence electrons. The van der Waals surface area contributed by atoms with Crippen LogP contribution in [0.5, 0.6) is 28.7 Å². The zero-order chi connectivity index (χ0) is 14.6. The minimum atomic E-state index is -0.799. The van der Waals surface area contributed by atoms with Crippen LogP contribution < -0.4 is 5.43 Å². The summed E-state index contributed by atoms with van der Waals surface area (Å²) in [6.45, 7) is 0. The summed E-state index contributed by atoms with van der Waals surface area (Å²) in [6.07, 6.45) is 0. The average Bonchev–Trinajstić information content (AvgIpc) is 2.34. The molecule has 0 aliphatic heterocycles. The highest BCUT2D eigenvalue weighted by atomic mass is 16.4. The Morgan fingerprint density at radius 2 is 1.45 bits per heavy atom. The lowest BCUT2D eigenvalue weighted by Crippen LogP contribution is -2.03. The molecule has 1 heterocycles. The third-order valence-electron chi connectivity index (χ3n) is 2.95. The maximum absolute atomic E-state index is 12.3. The molecule has 7 heteroatoms. The molecule has 0 atom stereocenters. The molecule has 1 aromatic heterocycles. The molecule has 0 amide bonds. The Morgan fingerprint density at radius 3 is 2.15 bits per heavy atom. The van der Waals surface area contributed by atoms with Crippen molar-refractivity contribution in [2.75, 3.05) is 0 Å². The lowest BCUT2D eigenvalue weighted by atomic mass is 10.1. The van der Waals surface area contributed by atoms with Gasteiger partial charge in [0.1, 0.15) is 33.6 Å². The molecular weight excluding hydrogens is 268 g/mol. The van der Waals surface area contributed by atoms with Gasteiger partial charge < -0.3 is 29.9 Å². The average molecular weight is 276 g/mol. The van der Waals surface area contributed by atoms with Gasteiger partial charge in [0.25, 0.3) is 0 Å². The van der Waals surface area contributed by atoms with E-state index < -0.39 is 34.0 Å².